The van der Waals surface area contributed by atoms with Crippen molar-refractivity contribution in [2.75, 3.05) is 19.7 Å². The van der Waals surface area contributed by atoms with E-state index in [9.17, 15) is 9.59 Å². The third-order valence-corrected chi connectivity index (χ3v) is 4.93. The van der Waals surface area contributed by atoms with E-state index in [1.54, 1.807) is 71.1 Å². The number of ether oxygens (including phenoxy) is 1. The van der Waals surface area contributed by atoms with Gasteiger partial charge in [-0.2, -0.15) is 5.10 Å². The summed E-state index contributed by atoms with van der Waals surface area (Å²) in [7, 11) is 0. The molecule has 0 fully saturated rings. The molecule has 32 heavy (non-hydrogen) atoms. The Labute approximate surface area is 192 Å². The third-order valence-electron chi connectivity index (χ3n) is 4.68. The van der Waals surface area contributed by atoms with Crippen molar-refractivity contribution >= 4 is 23.5 Å². The fourth-order valence-electron chi connectivity index (χ4n) is 3.19. The molecule has 0 aliphatic rings. The average Bonchev–Trinajstić information content (AvgIpc) is 3.25. The highest BCUT2D eigenvalue weighted by molar-refractivity contribution is 6.30. The Kier molecular flexibility index (Phi) is 7.63. The van der Waals surface area contributed by atoms with Crippen LogP contribution < -0.4 is 0 Å². The molecule has 7 heteroatoms. The highest BCUT2D eigenvalue weighted by Crippen LogP contribution is 2.26. The zero-order chi connectivity index (χ0) is 23.1. The van der Waals surface area contributed by atoms with Gasteiger partial charge in [-0.25, -0.2) is 9.48 Å². The van der Waals surface area contributed by atoms with E-state index in [2.05, 4.69) is 18.3 Å². The zero-order valence-corrected chi connectivity index (χ0v) is 18.6. The van der Waals surface area contributed by atoms with E-state index in [0.29, 0.717) is 35.1 Å². The van der Waals surface area contributed by atoms with E-state index in [-0.39, 0.29) is 18.2 Å². The van der Waals surface area contributed by atoms with Gasteiger partial charge in [0.05, 0.1) is 18.0 Å². The first-order valence-corrected chi connectivity index (χ1v) is 10.5. The Morgan fingerprint density at radius 2 is 1.69 bits per heavy atom. The predicted molar refractivity (Wildman–Crippen MR) is 126 cm³/mol. The van der Waals surface area contributed by atoms with Gasteiger partial charge in [-0.3, -0.25) is 4.79 Å². The highest BCUT2D eigenvalue weighted by Gasteiger charge is 2.19. The van der Waals surface area contributed by atoms with Crippen LogP contribution in [0.2, 0.25) is 5.02 Å². The van der Waals surface area contributed by atoms with Crippen LogP contribution in [0.1, 0.15) is 27.8 Å². The first kappa shape index (κ1) is 23.0. The van der Waals surface area contributed by atoms with E-state index in [4.69, 9.17) is 16.3 Å². The number of benzene rings is 2. The molecule has 0 atom stereocenters. The minimum atomic E-state index is -0.502. The second kappa shape index (κ2) is 10.6. The van der Waals surface area contributed by atoms with Crippen molar-refractivity contribution in [3.8, 4) is 16.9 Å². The Hall–Kier alpha value is -3.64. The van der Waals surface area contributed by atoms with E-state index in [1.807, 2.05) is 12.1 Å². The smallest absolute Gasteiger partial charge is 0.358 e. The van der Waals surface area contributed by atoms with Crippen LogP contribution in [-0.2, 0) is 4.74 Å². The Bertz CT molecular complexity index is 1110. The first-order valence-electron chi connectivity index (χ1n) is 10.1. The molecule has 164 valence electrons. The normalized spacial score (nSPS) is 10.4. The van der Waals surface area contributed by atoms with Crippen LogP contribution in [0.15, 0.2) is 79.9 Å². The molecule has 0 spiro atoms. The molecule has 0 N–H and O–H groups in total. The summed E-state index contributed by atoms with van der Waals surface area (Å²) >= 11 is 6.03. The van der Waals surface area contributed by atoms with Gasteiger partial charge < -0.3 is 9.64 Å². The topological polar surface area (TPSA) is 64.4 Å². The van der Waals surface area contributed by atoms with Crippen LogP contribution in [0.4, 0.5) is 0 Å². The van der Waals surface area contributed by atoms with Crippen LogP contribution in [0.3, 0.4) is 0 Å². The summed E-state index contributed by atoms with van der Waals surface area (Å²) in [5.74, 6) is -0.625. The molecule has 0 unspecified atom stereocenters. The second-order valence-corrected chi connectivity index (χ2v) is 7.32. The number of esters is 1. The number of hydrogen-bond donors (Lipinski definition) is 0. The van der Waals surface area contributed by atoms with Crippen molar-refractivity contribution in [3.63, 3.8) is 0 Å². The van der Waals surface area contributed by atoms with E-state index < -0.39 is 5.97 Å². The van der Waals surface area contributed by atoms with Crippen molar-refractivity contribution in [1.82, 2.24) is 14.7 Å². The third kappa shape index (κ3) is 5.15. The van der Waals surface area contributed by atoms with Gasteiger partial charge in [0.2, 0.25) is 0 Å². The van der Waals surface area contributed by atoms with Crippen LogP contribution in [-0.4, -0.2) is 46.3 Å². The van der Waals surface area contributed by atoms with Crippen molar-refractivity contribution in [1.29, 1.82) is 0 Å². The average molecular weight is 450 g/mol. The molecule has 1 amide bonds. The summed E-state index contributed by atoms with van der Waals surface area (Å²) in [6.07, 6.45) is 3.35. The fourth-order valence-corrected chi connectivity index (χ4v) is 3.31. The van der Waals surface area contributed by atoms with Gasteiger partial charge in [-0.15, -0.1) is 13.2 Å². The Balaban J connectivity index is 1.99. The van der Waals surface area contributed by atoms with E-state index in [1.165, 1.54) is 0 Å². The van der Waals surface area contributed by atoms with E-state index >= 15 is 0 Å². The van der Waals surface area contributed by atoms with Gasteiger partial charge in [-0.1, -0.05) is 35.9 Å². The van der Waals surface area contributed by atoms with Gasteiger partial charge in [-0.05, 0) is 49.4 Å². The Morgan fingerprint density at radius 3 is 2.25 bits per heavy atom. The molecule has 0 saturated carbocycles. The lowest BCUT2D eigenvalue weighted by Gasteiger charge is -2.19. The maximum Gasteiger partial charge on any atom is 0.358 e. The summed E-state index contributed by atoms with van der Waals surface area (Å²) in [6, 6.07) is 16.0. The summed E-state index contributed by atoms with van der Waals surface area (Å²) in [4.78, 5) is 26.7. The van der Waals surface area contributed by atoms with Crippen LogP contribution in [0, 0.1) is 0 Å². The number of amides is 1. The van der Waals surface area contributed by atoms with Gasteiger partial charge in [0.1, 0.15) is 0 Å². The fraction of sp³-hybridized carbons (Fsp3) is 0.160. The van der Waals surface area contributed by atoms with Gasteiger partial charge in [0.25, 0.3) is 5.91 Å². The lowest BCUT2D eigenvalue weighted by atomic mass is 10.1. The summed E-state index contributed by atoms with van der Waals surface area (Å²) in [6.45, 7) is 10.3. The lowest BCUT2D eigenvalue weighted by Crippen LogP contribution is -2.31. The van der Waals surface area contributed by atoms with Crippen molar-refractivity contribution in [2.24, 2.45) is 0 Å². The lowest BCUT2D eigenvalue weighted by molar-refractivity contribution is 0.0518. The van der Waals surface area contributed by atoms with E-state index in [0.717, 1.165) is 5.56 Å². The van der Waals surface area contributed by atoms with Crippen molar-refractivity contribution in [3.05, 3.63) is 96.2 Å². The van der Waals surface area contributed by atoms with Crippen molar-refractivity contribution < 1.29 is 14.3 Å². The number of rotatable bonds is 9. The molecule has 0 aliphatic heterocycles. The number of carbonyl (C=O) groups excluding carboxylic acids is 2. The van der Waals surface area contributed by atoms with Crippen LogP contribution in [0.5, 0.6) is 0 Å². The molecule has 0 saturated heterocycles. The van der Waals surface area contributed by atoms with Gasteiger partial charge in [0.15, 0.2) is 5.69 Å². The Morgan fingerprint density at radius 1 is 1.06 bits per heavy atom. The molecular formula is C25H24ClN3O3. The molecule has 6 nitrogen and oxygen atoms in total. The molecule has 0 radical (unpaired) electrons. The molecule has 3 rings (SSSR count). The number of aromatic nitrogens is 2. The van der Waals surface area contributed by atoms with Gasteiger partial charge in [0, 0.05) is 29.2 Å². The van der Waals surface area contributed by atoms with Gasteiger partial charge >= 0.3 is 5.97 Å². The predicted octanol–water partition coefficient (Wildman–Crippen LogP) is 5.18. The maximum atomic E-state index is 12.8. The summed E-state index contributed by atoms with van der Waals surface area (Å²) in [5.41, 5.74) is 2.95. The molecule has 1 heterocycles. The number of hydrogen-bond acceptors (Lipinski definition) is 4. The largest absolute Gasteiger partial charge is 0.461 e. The van der Waals surface area contributed by atoms with Crippen LogP contribution >= 0.6 is 11.6 Å². The molecule has 3 aromatic rings. The minimum absolute atomic E-state index is 0.123. The first-order chi connectivity index (χ1) is 15.5. The summed E-state index contributed by atoms with van der Waals surface area (Å²) < 4.78 is 6.76. The molecule has 0 bridgehead atoms. The standard InChI is InChI=1S/C25H24ClN3O3/c1-4-15-28(16-5-2)24(30)19-9-13-21(14-10-19)29-23(18-7-11-20(26)12-8-18)17-22(27-29)25(31)32-6-3/h4-5,7-14,17H,1-2,6,15-16H2,3H3. The second-order valence-electron chi connectivity index (χ2n) is 6.89. The molecule has 2 aromatic carbocycles. The minimum Gasteiger partial charge on any atom is -0.461 e. The maximum absolute atomic E-state index is 12.8. The number of halogens is 1. The van der Waals surface area contributed by atoms with Crippen LogP contribution in [0.25, 0.3) is 16.9 Å². The monoisotopic (exact) mass is 449 g/mol. The molecule has 0 aliphatic carbocycles. The quantitative estimate of drug-likeness (QED) is 0.333. The van der Waals surface area contributed by atoms with Crippen molar-refractivity contribution in [2.45, 2.75) is 6.92 Å². The number of carbonyl (C=O) groups is 2. The SMILES string of the molecule is C=CCN(CC=C)C(=O)c1ccc(-n2nc(C(=O)OCC)cc2-c2ccc(Cl)cc2)cc1. The molecule has 1 aromatic heterocycles. The zero-order valence-electron chi connectivity index (χ0n) is 17.8. The molecular weight excluding hydrogens is 426 g/mol. The highest BCUT2D eigenvalue weighted by atomic mass is 35.5. The number of nitrogens with zero attached hydrogens (tertiary/aromatic N) is 3. The summed E-state index contributed by atoms with van der Waals surface area (Å²) in [5, 5.41) is 5.06.